The van der Waals surface area contributed by atoms with Gasteiger partial charge in [0, 0.05) is 48.0 Å². The number of anilines is 2. The van der Waals surface area contributed by atoms with Crippen molar-refractivity contribution >= 4 is 46.4 Å². The van der Waals surface area contributed by atoms with Crippen LogP contribution >= 0.6 is 23.2 Å². The third-order valence-corrected chi connectivity index (χ3v) is 5.81. The molecule has 3 rings (SSSR count). The smallest absolute Gasteiger partial charge is 0.265 e. The van der Waals surface area contributed by atoms with E-state index in [1.807, 2.05) is 49.9 Å². The molecule has 1 aliphatic heterocycles. The molecule has 1 saturated heterocycles. The van der Waals surface area contributed by atoms with E-state index in [1.165, 1.54) is 0 Å². The first-order valence-electron chi connectivity index (χ1n) is 10.6. The first-order valence-corrected chi connectivity index (χ1v) is 11.4. The van der Waals surface area contributed by atoms with Crippen LogP contribution in [0.2, 0.25) is 10.0 Å². The van der Waals surface area contributed by atoms with Crippen LogP contribution in [0.4, 0.5) is 11.4 Å². The number of amides is 2. The van der Waals surface area contributed by atoms with Crippen LogP contribution in [0.3, 0.4) is 0 Å². The molecule has 8 heteroatoms. The molecule has 1 aliphatic rings. The molecule has 0 bridgehead atoms. The first-order chi connectivity index (χ1) is 15.0. The molecule has 6 nitrogen and oxygen atoms in total. The van der Waals surface area contributed by atoms with Crippen LogP contribution in [0, 0.1) is 5.41 Å². The van der Waals surface area contributed by atoms with Gasteiger partial charge in [-0.2, -0.15) is 0 Å². The Kier molecular flexibility index (Phi) is 7.57. The molecular weight excluding hydrogens is 449 g/mol. The number of nitrogens with one attached hydrogen (secondary N) is 1. The van der Waals surface area contributed by atoms with Crippen molar-refractivity contribution in [2.24, 2.45) is 5.41 Å². The maximum absolute atomic E-state index is 12.5. The summed E-state index contributed by atoms with van der Waals surface area (Å²) in [5.74, 6) is 0.308. The maximum Gasteiger partial charge on any atom is 0.265 e. The highest BCUT2D eigenvalue weighted by Gasteiger charge is 2.29. The topological polar surface area (TPSA) is 61.9 Å². The van der Waals surface area contributed by atoms with Crippen molar-refractivity contribution < 1.29 is 14.3 Å². The monoisotopic (exact) mass is 477 g/mol. The van der Waals surface area contributed by atoms with Gasteiger partial charge in [0.15, 0.2) is 6.10 Å². The van der Waals surface area contributed by atoms with Crippen molar-refractivity contribution in [3.8, 4) is 5.75 Å². The lowest BCUT2D eigenvalue weighted by Gasteiger charge is -2.38. The van der Waals surface area contributed by atoms with Crippen molar-refractivity contribution in [2.45, 2.75) is 33.8 Å². The van der Waals surface area contributed by atoms with E-state index in [0.29, 0.717) is 34.6 Å². The quantitative estimate of drug-likeness (QED) is 0.650. The van der Waals surface area contributed by atoms with Gasteiger partial charge >= 0.3 is 0 Å². The molecule has 0 aliphatic carbocycles. The Hall–Kier alpha value is -2.44. The lowest BCUT2D eigenvalue weighted by molar-refractivity contribution is -0.139. The van der Waals surface area contributed by atoms with Crippen molar-refractivity contribution in [1.29, 1.82) is 0 Å². The first kappa shape index (κ1) is 24.2. The van der Waals surface area contributed by atoms with Gasteiger partial charge in [0.2, 0.25) is 5.91 Å². The molecule has 1 fully saturated rings. The van der Waals surface area contributed by atoms with E-state index in [-0.39, 0.29) is 17.2 Å². The SMILES string of the molecule is C[C@@H](Oc1ccc(Cl)cc1Cl)C(=O)Nc1ccc(N2CCN(C(=O)C(C)(C)C)CC2)cc1. The van der Waals surface area contributed by atoms with E-state index in [4.69, 9.17) is 27.9 Å². The standard InChI is InChI=1S/C24H29Cl2N3O3/c1-16(32-21-10-5-17(25)15-20(21)26)22(30)27-18-6-8-19(9-7-18)28-11-13-29(14-12-28)23(31)24(2,3)4/h5-10,15-16H,11-14H2,1-4H3,(H,27,30)/t16-/m1/s1. The zero-order valence-electron chi connectivity index (χ0n) is 18.8. The third-order valence-electron chi connectivity index (χ3n) is 5.28. The number of nitrogens with zero attached hydrogens (tertiary/aromatic N) is 2. The minimum absolute atomic E-state index is 0.187. The highest BCUT2D eigenvalue weighted by Crippen LogP contribution is 2.28. The van der Waals surface area contributed by atoms with Gasteiger partial charge in [0.25, 0.3) is 5.91 Å². The number of benzene rings is 2. The predicted octanol–water partition coefficient (Wildman–Crippen LogP) is 5.09. The third kappa shape index (κ3) is 6.08. The summed E-state index contributed by atoms with van der Waals surface area (Å²) in [4.78, 5) is 29.1. The number of rotatable bonds is 5. The number of carbonyl (C=O) groups excluding carboxylic acids is 2. The fraction of sp³-hybridized carbons (Fsp3) is 0.417. The molecule has 2 aromatic carbocycles. The number of ether oxygens (including phenoxy) is 1. The lowest BCUT2D eigenvalue weighted by atomic mass is 9.94. The average molecular weight is 478 g/mol. The fourth-order valence-electron chi connectivity index (χ4n) is 3.46. The van der Waals surface area contributed by atoms with Crippen molar-refractivity contribution in [3.63, 3.8) is 0 Å². The van der Waals surface area contributed by atoms with Crippen LogP contribution in [0.25, 0.3) is 0 Å². The predicted molar refractivity (Wildman–Crippen MR) is 130 cm³/mol. The van der Waals surface area contributed by atoms with Crippen LogP contribution in [-0.4, -0.2) is 49.0 Å². The summed E-state index contributed by atoms with van der Waals surface area (Å²) in [6.45, 7) is 10.5. The van der Waals surface area contributed by atoms with Gasteiger partial charge in [-0.25, -0.2) is 0 Å². The van der Waals surface area contributed by atoms with E-state index in [9.17, 15) is 9.59 Å². The molecule has 172 valence electrons. The Labute approximate surface area is 199 Å². The van der Waals surface area contributed by atoms with Crippen LogP contribution in [-0.2, 0) is 9.59 Å². The molecule has 0 spiro atoms. The van der Waals surface area contributed by atoms with Gasteiger partial charge in [-0.1, -0.05) is 44.0 Å². The van der Waals surface area contributed by atoms with E-state index in [2.05, 4.69) is 10.2 Å². The van der Waals surface area contributed by atoms with E-state index in [0.717, 1.165) is 18.8 Å². The molecular formula is C24H29Cl2N3O3. The molecule has 2 aromatic rings. The molecule has 2 amide bonds. The summed E-state index contributed by atoms with van der Waals surface area (Å²) in [5.41, 5.74) is 1.38. The summed E-state index contributed by atoms with van der Waals surface area (Å²) in [6.07, 6.45) is -0.734. The highest BCUT2D eigenvalue weighted by atomic mass is 35.5. The minimum atomic E-state index is -0.734. The molecule has 1 heterocycles. The second-order valence-electron chi connectivity index (χ2n) is 8.90. The summed E-state index contributed by atoms with van der Waals surface area (Å²) in [6, 6.07) is 12.5. The lowest BCUT2D eigenvalue weighted by Crippen LogP contribution is -2.51. The second kappa shape index (κ2) is 10.0. The molecule has 32 heavy (non-hydrogen) atoms. The Morgan fingerprint density at radius 1 is 1.00 bits per heavy atom. The zero-order chi connectivity index (χ0) is 23.5. The summed E-state index contributed by atoms with van der Waals surface area (Å²) in [5, 5.41) is 3.71. The summed E-state index contributed by atoms with van der Waals surface area (Å²) < 4.78 is 5.66. The Bertz CT molecular complexity index is 965. The Morgan fingerprint density at radius 3 is 2.19 bits per heavy atom. The molecule has 1 N–H and O–H groups in total. The summed E-state index contributed by atoms with van der Waals surface area (Å²) >= 11 is 12.0. The fourth-order valence-corrected chi connectivity index (χ4v) is 3.91. The number of piperazine rings is 1. The van der Waals surface area contributed by atoms with Crippen LogP contribution in [0.1, 0.15) is 27.7 Å². The van der Waals surface area contributed by atoms with E-state index in [1.54, 1.807) is 25.1 Å². The average Bonchev–Trinajstić information content (AvgIpc) is 2.75. The van der Waals surface area contributed by atoms with Crippen molar-refractivity contribution in [3.05, 3.63) is 52.5 Å². The number of halogens is 2. The van der Waals surface area contributed by atoms with Gasteiger partial charge in [-0.3, -0.25) is 9.59 Å². The van der Waals surface area contributed by atoms with Gasteiger partial charge in [-0.05, 0) is 49.4 Å². The Balaban J connectivity index is 1.53. The van der Waals surface area contributed by atoms with Crippen molar-refractivity contribution in [1.82, 2.24) is 4.90 Å². The molecule has 0 radical (unpaired) electrons. The maximum atomic E-state index is 12.5. The van der Waals surface area contributed by atoms with Gasteiger partial charge in [0.1, 0.15) is 5.75 Å². The van der Waals surface area contributed by atoms with E-state index >= 15 is 0 Å². The van der Waals surface area contributed by atoms with E-state index < -0.39 is 6.10 Å². The van der Waals surface area contributed by atoms with Crippen LogP contribution < -0.4 is 15.0 Å². The molecule has 0 aromatic heterocycles. The van der Waals surface area contributed by atoms with Gasteiger partial charge < -0.3 is 19.9 Å². The van der Waals surface area contributed by atoms with Crippen LogP contribution in [0.5, 0.6) is 5.75 Å². The zero-order valence-corrected chi connectivity index (χ0v) is 20.3. The highest BCUT2D eigenvalue weighted by molar-refractivity contribution is 6.35. The van der Waals surface area contributed by atoms with Crippen LogP contribution in [0.15, 0.2) is 42.5 Å². The molecule has 1 atom stereocenters. The number of hydrogen-bond donors (Lipinski definition) is 1. The molecule has 0 saturated carbocycles. The normalized spacial score (nSPS) is 15.3. The van der Waals surface area contributed by atoms with Gasteiger partial charge in [0.05, 0.1) is 5.02 Å². The Morgan fingerprint density at radius 2 is 1.62 bits per heavy atom. The number of carbonyl (C=O) groups is 2. The second-order valence-corrected chi connectivity index (χ2v) is 9.74. The number of hydrogen-bond acceptors (Lipinski definition) is 4. The minimum Gasteiger partial charge on any atom is -0.479 e. The van der Waals surface area contributed by atoms with Crippen molar-refractivity contribution in [2.75, 3.05) is 36.4 Å². The largest absolute Gasteiger partial charge is 0.479 e. The summed E-state index contributed by atoms with van der Waals surface area (Å²) in [7, 11) is 0. The molecule has 0 unspecified atom stereocenters. The van der Waals surface area contributed by atoms with Gasteiger partial charge in [-0.15, -0.1) is 0 Å².